The smallest absolute Gasteiger partial charge is 0.295 e. The Hall–Kier alpha value is -2.28. The number of carbonyl (C=O) groups is 1. The van der Waals surface area contributed by atoms with Crippen molar-refractivity contribution in [2.75, 3.05) is 13.7 Å². The van der Waals surface area contributed by atoms with Crippen molar-refractivity contribution in [2.45, 2.75) is 6.61 Å². The number of amidine groups is 1. The molecule has 0 aromatic heterocycles. The molecule has 2 aromatic rings. The lowest BCUT2D eigenvalue weighted by Crippen LogP contribution is -3.00. The molecule has 6 nitrogen and oxygen atoms in total. The van der Waals surface area contributed by atoms with Crippen LogP contribution in [0, 0.1) is 0 Å². The lowest BCUT2D eigenvalue weighted by atomic mass is 10.2. The third kappa shape index (κ3) is 4.85. The van der Waals surface area contributed by atoms with Crippen molar-refractivity contribution in [2.24, 2.45) is 5.10 Å². The normalized spacial score (nSPS) is 13.4. The molecule has 0 saturated heterocycles. The first-order valence-corrected chi connectivity index (χ1v) is 7.79. The van der Waals surface area contributed by atoms with E-state index in [0.29, 0.717) is 29.8 Å². The van der Waals surface area contributed by atoms with Gasteiger partial charge in [-0.2, -0.15) is 0 Å². The number of methoxy groups -OCH3 is 1. The lowest BCUT2D eigenvalue weighted by Gasteiger charge is -2.12. The molecule has 3 N–H and O–H groups in total. The quantitative estimate of drug-likeness (QED) is 0.647. The van der Waals surface area contributed by atoms with Crippen molar-refractivity contribution < 1.29 is 32.0 Å². The summed E-state index contributed by atoms with van der Waals surface area (Å²) in [6.45, 7) is 0.721. The number of halogens is 2. The number of nitrogens with zero attached hydrogens (tertiary/aromatic N) is 1. The Morgan fingerprint density at radius 1 is 1.24 bits per heavy atom. The van der Waals surface area contributed by atoms with Gasteiger partial charge in [0, 0.05) is 0 Å². The average molecular weight is 382 g/mol. The van der Waals surface area contributed by atoms with Crippen molar-refractivity contribution >= 4 is 23.3 Å². The molecular weight excluding hydrogens is 365 g/mol. The summed E-state index contributed by atoms with van der Waals surface area (Å²) in [4.78, 5) is 11.1. The van der Waals surface area contributed by atoms with E-state index in [0.717, 1.165) is 16.9 Å². The zero-order valence-electron chi connectivity index (χ0n) is 13.5. The molecule has 8 heteroatoms. The van der Waals surface area contributed by atoms with E-state index in [4.69, 9.17) is 21.1 Å². The van der Waals surface area contributed by atoms with Gasteiger partial charge in [-0.3, -0.25) is 10.1 Å². The number of hydrogen-bond donors (Lipinski definition) is 2. The molecule has 0 saturated carbocycles. The second-order valence-corrected chi connectivity index (χ2v) is 5.63. The van der Waals surface area contributed by atoms with Crippen molar-refractivity contribution in [1.29, 1.82) is 0 Å². The Labute approximate surface area is 156 Å². The van der Waals surface area contributed by atoms with E-state index in [-0.39, 0.29) is 18.3 Å². The van der Waals surface area contributed by atoms with Crippen molar-refractivity contribution in [3.63, 3.8) is 0 Å². The Morgan fingerprint density at radius 3 is 2.60 bits per heavy atom. The minimum absolute atomic E-state index is 0. The first-order chi connectivity index (χ1) is 11.7. The number of rotatable bonds is 5. The lowest BCUT2D eigenvalue weighted by molar-refractivity contribution is -0.529. The van der Waals surface area contributed by atoms with E-state index >= 15 is 0 Å². The fourth-order valence-electron chi connectivity index (χ4n) is 2.25. The molecule has 2 aromatic carbocycles. The Balaban J connectivity index is 0.00000225. The highest BCUT2D eigenvalue weighted by atomic mass is 35.5. The van der Waals surface area contributed by atoms with Gasteiger partial charge < -0.3 is 21.9 Å². The Kier molecular flexibility index (Phi) is 6.64. The zero-order chi connectivity index (χ0) is 16.9. The second kappa shape index (κ2) is 8.71. The van der Waals surface area contributed by atoms with E-state index in [1.807, 2.05) is 30.3 Å². The van der Waals surface area contributed by atoms with Crippen LogP contribution >= 0.6 is 11.6 Å². The molecule has 25 heavy (non-hydrogen) atoms. The van der Waals surface area contributed by atoms with Crippen molar-refractivity contribution in [3.05, 3.63) is 58.6 Å². The first-order valence-electron chi connectivity index (χ1n) is 7.41. The number of quaternary nitrogens is 1. The van der Waals surface area contributed by atoms with Crippen LogP contribution in [0.25, 0.3) is 0 Å². The second-order valence-electron chi connectivity index (χ2n) is 5.22. The van der Waals surface area contributed by atoms with Gasteiger partial charge in [-0.25, -0.2) is 5.43 Å². The van der Waals surface area contributed by atoms with Crippen LogP contribution in [0.2, 0.25) is 5.02 Å². The largest absolute Gasteiger partial charge is 1.00 e. The highest BCUT2D eigenvalue weighted by Gasteiger charge is 2.18. The molecule has 1 aliphatic rings. The number of benzene rings is 2. The summed E-state index contributed by atoms with van der Waals surface area (Å²) in [7, 11) is 1.63. The SMILES string of the molecule is COc1ccc(COc2ccc(C3=NNC(=O)C[NH2+]3)cc2Cl)cc1.[Cl-]. The van der Waals surface area contributed by atoms with Crippen molar-refractivity contribution in [3.8, 4) is 11.5 Å². The summed E-state index contributed by atoms with van der Waals surface area (Å²) >= 11 is 6.29. The minimum Gasteiger partial charge on any atom is -1.00 e. The van der Waals surface area contributed by atoms with Gasteiger partial charge in [0.2, 0.25) is 5.84 Å². The average Bonchev–Trinajstić information content (AvgIpc) is 2.62. The van der Waals surface area contributed by atoms with Crippen LogP contribution in [0.15, 0.2) is 47.6 Å². The molecule has 1 aliphatic heterocycles. The maximum absolute atomic E-state index is 11.1. The molecule has 0 bridgehead atoms. The fourth-order valence-corrected chi connectivity index (χ4v) is 2.48. The number of nitrogens with one attached hydrogen (secondary N) is 1. The fraction of sp³-hybridized carbons (Fsp3) is 0.176. The molecule has 0 spiro atoms. The van der Waals surface area contributed by atoms with Crippen LogP contribution < -0.4 is 32.6 Å². The van der Waals surface area contributed by atoms with Gasteiger partial charge in [0.1, 0.15) is 18.1 Å². The number of ether oxygens (including phenoxy) is 2. The van der Waals surface area contributed by atoms with E-state index in [1.54, 1.807) is 24.6 Å². The molecule has 1 amide bonds. The summed E-state index contributed by atoms with van der Waals surface area (Å²) < 4.78 is 10.9. The van der Waals surface area contributed by atoms with E-state index < -0.39 is 0 Å². The molecule has 1 heterocycles. The van der Waals surface area contributed by atoms with Gasteiger partial charge in [-0.05, 0) is 35.9 Å². The maximum atomic E-state index is 11.1. The number of hydrogen-bond acceptors (Lipinski definition) is 4. The molecule has 132 valence electrons. The first kappa shape index (κ1) is 19.1. The predicted octanol–water partition coefficient (Wildman–Crippen LogP) is -1.71. The molecule has 3 rings (SSSR count). The molecule has 0 atom stereocenters. The highest BCUT2D eigenvalue weighted by molar-refractivity contribution is 6.32. The molecule has 0 fully saturated rings. The summed E-state index contributed by atoms with van der Waals surface area (Å²) in [5.74, 6) is 1.97. The van der Waals surface area contributed by atoms with Gasteiger partial charge in [0.15, 0.2) is 6.54 Å². The zero-order valence-corrected chi connectivity index (χ0v) is 15.0. The molecule has 0 aliphatic carbocycles. The van der Waals surface area contributed by atoms with Crippen LogP contribution in [0.5, 0.6) is 11.5 Å². The topological polar surface area (TPSA) is 76.5 Å². The van der Waals surface area contributed by atoms with Crippen LogP contribution in [0.3, 0.4) is 0 Å². The van der Waals surface area contributed by atoms with Crippen molar-refractivity contribution in [1.82, 2.24) is 5.43 Å². The van der Waals surface area contributed by atoms with Gasteiger partial charge >= 0.3 is 0 Å². The van der Waals surface area contributed by atoms with E-state index in [9.17, 15) is 4.79 Å². The third-order valence-electron chi connectivity index (χ3n) is 3.56. The van der Waals surface area contributed by atoms with Crippen LogP contribution in [-0.2, 0) is 11.4 Å². The van der Waals surface area contributed by atoms with E-state index in [1.165, 1.54) is 0 Å². The molecule has 0 unspecified atom stereocenters. The molecule has 0 radical (unpaired) electrons. The Morgan fingerprint density at radius 2 is 2.00 bits per heavy atom. The number of amides is 1. The minimum atomic E-state index is -0.121. The monoisotopic (exact) mass is 381 g/mol. The Bertz CT molecular complexity index is 779. The van der Waals surface area contributed by atoms with E-state index in [2.05, 4.69) is 10.5 Å². The number of nitrogens with two attached hydrogens (primary N) is 1. The number of carbonyl (C=O) groups excluding carboxylic acids is 1. The van der Waals surface area contributed by atoms with Gasteiger partial charge in [0.05, 0.1) is 17.7 Å². The standard InChI is InChI=1S/C17H16ClN3O3.ClH/c1-23-13-5-2-11(3-6-13)10-24-15-7-4-12(8-14(15)18)17-19-9-16(22)20-21-17;/h2-8H,9-10H2,1H3,(H,19,21)(H,20,22);1H. The van der Waals surface area contributed by atoms with Gasteiger partial charge in [-0.15, -0.1) is 5.10 Å². The van der Waals surface area contributed by atoms with Gasteiger partial charge in [0.25, 0.3) is 5.91 Å². The summed E-state index contributed by atoms with van der Waals surface area (Å²) in [5, 5.41) is 6.27. The predicted molar refractivity (Wildman–Crippen MR) is 90.3 cm³/mol. The third-order valence-corrected chi connectivity index (χ3v) is 3.86. The summed E-state index contributed by atoms with van der Waals surface area (Å²) in [6, 6.07) is 13.1. The maximum Gasteiger partial charge on any atom is 0.295 e. The van der Waals surface area contributed by atoms with Crippen LogP contribution in [-0.4, -0.2) is 25.4 Å². The summed E-state index contributed by atoms with van der Waals surface area (Å²) in [5.41, 5.74) is 4.30. The highest BCUT2D eigenvalue weighted by Crippen LogP contribution is 2.26. The summed E-state index contributed by atoms with van der Waals surface area (Å²) in [6.07, 6.45) is 0. The van der Waals surface area contributed by atoms with Crippen LogP contribution in [0.4, 0.5) is 0 Å². The molecular formula is C17H17Cl2N3O3. The van der Waals surface area contributed by atoms with Gasteiger partial charge in [-0.1, -0.05) is 23.7 Å². The van der Waals surface area contributed by atoms with Crippen LogP contribution in [0.1, 0.15) is 11.1 Å². The number of hydrazone groups is 1.